The number of rotatable bonds is 4. The fourth-order valence-corrected chi connectivity index (χ4v) is 3.45. The first-order valence-electron chi connectivity index (χ1n) is 7.70. The summed E-state index contributed by atoms with van der Waals surface area (Å²) >= 11 is 5.22. The highest BCUT2D eigenvalue weighted by molar-refractivity contribution is 7.80. The smallest absolute Gasteiger partial charge is 0.279 e. The summed E-state index contributed by atoms with van der Waals surface area (Å²) in [5, 5.41) is 17.9. The number of nitrogens with zero attached hydrogens (tertiary/aromatic N) is 1. The van der Waals surface area contributed by atoms with Gasteiger partial charge in [0.25, 0.3) is 5.69 Å². The van der Waals surface area contributed by atoms with Crippen LogP contribution in [0.2, 0.25) is 0 Å². The molecule has 1 aromatic carbocycles. The third-order valence-corrected chi connectivity index (χ3v) is 4.55. The predicted octanol–water partition coefficient (Wildman–Crippen LogP) is 2.14. The van der Waals surface area contributed by atoms with Crippen LogP contribution < -0.4 is 20.1 Å². The van der Waals surface area contributed by atoms with Gasteiger partial charge in [-0.05, 0) is 31.1 Å². The number of hydrogen-bond donors (Lipinski definition) is 2. The van der Waals surface area contributed by atoms with Crippen LogP contribution in [0.25, 0.3) is 0 Å². The van der Waals surface area contributed by atoms with Crippen molar-refractivity contribution in [3.05, 3.63) is 39.1 Å². The van der Waals surface area contributed by atoms with Crippen molar-refractivity contribution in [2.45, 2.75) is 25.3 Å². The van der Waals surface area contributed by atoms with E-state index in [1.54, 1.807) is 0 Å². The molecule has 0 radical (unpaired) electrons. The van der Waals surface area contributed by atoms with Crippen LogP contribution in [-0.2, 0) is 4.79 Å². The van der Waals surface area contributed by atoms with Crippen molar-refractivity contribution in [2.24, 2.45) is 0 Å². The van der Waals surface area contributed by atoms with E-state index in [1.165, 1.54) is 26.4 Å². The SMILES string of the molecule is COc1cc(C2NC(=S)NC3=C2C(=O)CCC3)c([N+](=O)[O-])cc1OC. The molecular weight excluding hydrogens is 346 g/mol. The van der Waals surface area contributed by atoms with Gasteiger partial charge in [0.05, 0.1) is 36.8 Å². The molecule has 132 valence electrons. The maximum absolute atomic E-state index is 12.5. The Morgan fingerprint density at radius 3 is 2.56 bits per heavy atom. The zero-order valence-corrected chi connectivity index (χ0v) is 14.6. The second-order valence-corrected chi connectivity index (χ2v) is 6.13. The van der Waals surface area contributed by atoms with E-state index in [0.717, 1.165) is 12.1 Å². The van der Waals surface area contributed by atoms with Crippen LogP contribution in [0.1, 0.15) is 30.9 Å². The van der Waals surface area contributed by atoms with Gasteiger partial charge in [0.2, 0.25) is 0 Å². The summed E-state index contributed by atoms with van der Waals surface area (Å²) in [7, 11) is 2.86. The molecule has 0 saturated carbocycles. The molecule has 8 nitrogen and oxygen atoms in total. The van der Waals surface area contributed by atoms with Crippen LogP contribution >= 0.6 is 12.2 Å². The van der Waals surface area contributed by atoms with Crippen LogP contribution in [0.5, 0.6) is 11.5 Å². The minimum Gasteiger partial charge on any atom is -0.493 e. The van der Waals surface area contributed by atoms with Gasteiger partial charge in [0.15, 0.2) is 22.4 Å². The first-order valence-corrected chi connectivity index (χ1v) is 8.11. The molecule has 1 aromatic rings. The lowest BCUT2D eigenvalue weighted by Gasteiger charge is -2.33. The number of nitrogens with one attached hydrogen (secondary N) is 2. The number of allylic oxidation sites excluding steroid dienone is 1. The minimum absolute atomic E-state index is 0.0437. The second-order valence-electron chi connectivity index (χ2n) is 5.72. The molecule has 0 spiro atoms. The molecule has 1 aliphatic heterocycles. The van der Waals surface area contributed by atoms with E-state index in [9.17, 15) is 14.9 Å². The van der Waals surface area contributed by atoms with E-state index in [2.05, 4.69) is 10.6 Å². The highest BCUT2D eigenvalue weighted by Crippen LogP contribution is 2.42. The number of Topliss-reactive ketones (excluding diaryl/α,β-unsaturated/α-hetero) is 1. The maximum Gasteiger partial charge on any atom is 0.279 e. The highest BCUT2D eigenvalue weighted by atomic mass is 32.1. The number of hydrogen-bond acceptors (Lipinski definition) is 6. The summed E-state index contributed by atoms with van der Waals surface area (Å²) in [5.74, 6) is 0.552. The molecule has 2 aliphatic rings. The number of ketones is 1. The summed E-state index contributed by atoms with van der Waals surface area (Å²) in [6, 6.07) is 2.13. The van der Waals surface area contributed by atoms with Crippen molar-refractivity contribution in [3.63, 3.8) is 0 Å². The Labute approximate surface area is 149 Å². The van der Waals surface area contributed by atoms with Crippen molar-refractivity contribution in [2.75, 3.05) is 14.2 Å². The number of nitro benzene ring substituents is 1. The molecule has 9 heteroatoms. The fourth-order valence-electron chi connectivity index (χ4n) is 3.21. The third kappa shape index (κ3) is 3.02. The van der Waals surface area contributed by atoms with Gasteiger partial charge < -0.3 is 20.1 Å². The lowest BCUT2D eigenvalue weighted by molar-refractivity contribution is -0.385. The molecule has 0 fully saturated rings. The van der Waals surface area contributed by atoms with Gasteiger partial charge in [-0.2, -0.15) is 0 Å². The number of methoxy groups -OCH3 is 2. The van der Waals surface area contributed by atoms with Crippen LogP contribution in [-0.4, -0.2) is 30.0 Å². The molecule has 25 heavy (non-hydrogen) atoms. The Kier molecular flexibility index (Phi) is 4.58. The highest BCUT2D eigenvalue weighted by Gasteiger charge is 2.37. The number of nitro groups is 1. The Morgan fingerprint density at radius 1 is 1.24 bits per heavy atom. The number of carbonyl (C=O) groups is 1. The van der Waals surface area contributed by atoms with Gasteiger partial charge in [0.1, 0.15) is 0 Å². The molecule has 1 unspecified atom stereocenters. The van der Waals surface area contributed by atoms with Crippen molar-refractivity contribution >= 4 is 28.8 Å². The van der Waals surface area contributed by atoms with Gasteiger partial charge in [-0.3, -0.25) is 14.9 Å². The first-order chi connectivity index (χ1) is 12.0. The summed E-state index contributed by atoms with van der Waals surface area (Å²) in [4.78, 5) is 23.6. The van der Waals surface area contributed by atoms with E-state index < -0.39 is 11.0 Å². The van der Waals surface area contributed by atoms with Gasteiger partial charge in [-0.25, -0.2) is 0 Å². The van der Waals surface area contributed by atoms with E-state index in [0.29, 0.717) is 34.8 Å². The standard InChI is InChI=1S/C16H17N3O5S/c1-23-12-6-8(10(19(21)22)7-13(12)24-2)15-14-9(17-16(25)18-15)4-3-5-11(14)20/h6-7,15H,3-5H2,1-2H3,(H2,17,18,25). The number of ether oxygens (including phenoxy) is 2. The Bertz CT molecular complexity index is 805. The monoisotopic (exact) mass is 363 g/mol. The van der Waals surface area contributed by atoms with Crippen molar-refractivity contribution in [1.82, 2.24) is 10.6 Å². The summed E-state index contributed by atoms with van der Waals surface area (Å²) in [6.07, 6.45) is 1.82. The number of thiocarbonyl (C=S) groups is 1. The van der Waals surface area contributed by atoms with E-state index in [4.69, 9.17) is 21.7 Å². The first kappa shape index (κ1) is 17.2. The Morgan fingerprint density at radius 2 is 1.92 bits per heavy atom. The molecule has 1 aliphatic carbocycles. The lowest BCUT2D eigenvalue weighted by atomic mass is 9.85. The topological polar surface area (TPSA) is 103 Å². The fraction of sp³-hybridized carbons (Fsp3) is 0.375. The molecule has 0 aromatic heterocycles. The quantitative estimate of drug-likeness (QED) is 0.476. The zero-order valence-electron chi connectivity index (χ0n) is 13.8. The summed E-state index contributed by atoms with van der Waals surface area (Å²) < 4.78 is 10.4. The maximum atomic E-state index is 12.5. The van der Waals surface area contributed by atoms with Crippen LogP contribution in [0.3, 0.4) is 0 Å². The molecule has 2 N–H and O–H groups in total. The van der Waals surface area contributed by atoms with E-state index in [1.807, 2.05) is 0 Å². The molecule has 0 amide bonds. The lowest BCUT2D eigenvalue weighted by Crippen LogP contribution is -2.46. The van der Waals surface area contributed by atoms with Crippen LogP contribution in [0.15, 0.2) is 23.4 Å². The van der Waals surface area contributed by atoms with E-state index in [-0.39, 0.29) is 17.2 Å². The van der Waals surface area contributed by atoms with Crippen LogP contribution in [0.4, 0.5) is 5.69 Å². The Balaban J connectivity index is 2.21. The molecule has 1 atom stereocenters. The average molecular weight is 363 g/mol. The number of benzene rings is 1. The van der Waals surface area contributed by atoms with Gasteiger partial charge in [-0.15, -0.1) is 0 Å². The van der Waals surface area contributed by atoms with Crippen molar-refractivity contribution in [1.29, 1.82) is 0 Å². The van der Waals surface area contributed by atoms with Gasteiger partial charge in [-0.1, -0.05) is 0 Å². The Hall–Kier alpha value is -2.68. The second kappa shape index (κ2) is 6.67. The minimum atomic E-state index is -0.697. The largest absolute Gasteiger partial charge is 0.493 e. The molecule has 0 saturated heterocycles. The van der Waals surface area contributed by atoms with Crippen LogP contribution in [0, 0.1) is 10.1 Å². The average Bonchev–Trinajstić information content (AvgIpc) is 2.59. The summed E-state index contributed by atoms with van der Waals surface area (Å²) in [6.45, 7) is 0. The third-order valence-electron chi connectivity index (χ3n) is 4.33. The number of carbonyl (C=O) groups excluding carboxylic acids is 1. The predicted molar refractivity (Wildman–Crippen MR) is 93.7 cm³/mol. The van der Waals surface area contributed by atoms with E-state index >= 15 is 0 Å². The van der Waals surface area contributed by atoms with Gasteiger partial charge in [0, 0.05) is 17.7 Å². The summed E-state index contributed by atoms with van der Waals surface area (Å²) in [5.41, 5.74) is 1.38. The molecule has 0 bridgehead atoms. The molecular formula is C16H17N3O5S. The van der Waals surface area contributed by atoms with Crippen molar-refractivity contribution < 1.29 is 19.2 Å². The molecule has 3 rings (SSSR count). The van der Waals surface area contributed by atoms with Crippen molar-refractivity contribution in [3.8, 4) is 11.5 Å². The zero-order chi connectivity index (χ0) is 18.1. The van der Waals surface area contributed by atoms with Gasteiger partial charge >= 0.3 is 0 Å². The normalized spacial score (nSPS) is 19.7. The molecule has 1 heterocycles.